The zero-order chi connectivity index (χ0) is 18.4. The summed E-state index contributed by atoms with van der Waals surface area (Å²) in [6.45, 7) is 2.25. The molecule has 1 aromatic heterocycles. The van der Waals surface area contributed by atoms with Gasteiger partial charge in [-0.05, 0) is 36.0 Å². The van der Waals surface area contributed by atoms with Crippen LogP contribution in [0.1, 0.15) is 26.5 Å². The van der Waals surface area contributed by atoms with Gasteiger partial charge in [-0.15, -0.1) is 0 Å². The number of nitrogens with zero attached hydrogens (tertiary/aromatic N) is 1. The number of aromatic amines is 1. The van der Waals surface area contributed by atoms with Crippen LogP contribution in [0.25, 0.3) is 0 Å². The van der Waals surface area contributed by atoms with Gasteiger partial charge in [-0.2, -0.15) is 5.10 Å². The zero-order valence-corrected chi connectivity index (χ0v) is 15.0. The van der Waals surface area contributed by atoms with Crippen LogP contribution in [0.15, 0.2) is 59.7 Å². The Balaban J connectivity index is 1.65. The maximum Gasteiger partial charge on any atom is 0.330 e. The van der Waals surface area contributed by atoms with E-state index in [1.54, 1.807) is 13.1 Å². The van der Waals surface area contributed by atoms with Crippen LogP contribution in [0.3, 0.4) is 0 Å². The molecule has 7 heteroatoms. The second-order valence-corrected chi connectivity index (χ2v) is 6.61. The molecule has 0 radical (unpaired) electrons. The highest BCUT2D eigenvalue weighted by Crippen LogP contribution is 2.18. The lowest BCUT2D eigenvalue weighted by Gasteiger charge is -2.08. The first-order chi connectivity index (χ1) is 12.6. The minimum absolute atomic E-state index is 0.306. The maximum absolute atomic E-state index is 12.1. The van der Waals surface area contributed by atoms with Crippen molar-refractivity contribution >= 4 is 28.6 Å². The van der Waals surface area contributed by atoms with Crippen molar-refractivity contribution in [2.45, 2.75) is 13.5 Å². The molecular formula is C19H19N4O2S+. The summed E-state index contributed by atoms with van der Waals surface area (Å²) in [4.78, 5) is 15.6. The molecule has 0 aliphatic carbocycles. The molecular weight excluding hydrogens is 348 g/mol. The highest BCUT2D eigenvalue weighted by atomic mass is 32.1. The lowest BCUT2D eigenvalue weighted by molar-refractivity contribution is -0.363. The van der Waals surface area contributed by atoms with Crippen molar-refractivity contribution in [3.63, 3.8) is 0 Å². The van der Waals surface area contributed by atoms with Gasteiger partial charge in [0.25, 0.3) is 5.91 Å². The predicted molar refractivity (Wildman–Crippen MR) is 102 cm³/mol. The maximum atomic E-state index is 12.1. The summed E-state index contributed by atoms with van der Waals surface area (Å²) in [7, 11) is 0. The third-order valence-electron chi connectivity index (χ3n) is 3.60. The number of aromatic nitrogens is 1. The number of aryl methyl sites for hydroxylation is 1. The molecule has 0 unspecified atom stereocenters. The average Bonchev–Trinajstić information content (AvgIpc) is 3.00. The number of carbonyl (C=O) groups is 1. The predicted octanol–water partition coefficient (Wildman–Crippen LogP) is 2.80. The molecule has 0 saturated carbocycles. The Labute approximate surface area is 155 Å². The van der Waals surface area contributed by atoms with E-state index in [1.165, 1.54) is 11.3 Å². The van der Waals surface area contributed by atoms with E-state index >= 15 is 0 Å². The Morgan fingerprint density at radius 1 is 1.23 bits per heavy atom. The number of ether oxygens (including phenoxy) is 1. The largest absolute Gasteiger partial charge is 0.488 e. The summed E-state index contributed by atoms with van der Waals surface area (Å²) in [5.74, 6) is 0.388. The van der Waals surface area contributed by atoms with E-state index in [9.17, 15) is 4.79 Å². The van der Waals surface area contributed by atoms with Gasteiger partial charge in [0.2, 0.25) is 0 Å². The first-order valence-electron chi connectivity index (χ1n) is 8.01. The molecule has 2 aromatic carbocycles. The topological polar surface area (TPSA) is 90.8 Å². The van der Waals surface area contributed by atoms with E-state index in [0.29, 0.717) is 28.1 Å². The van der Waals surface area contributed by atoms with Crippen molar-refractivity contribution in [2.75, 3.05) is 5.73 Å². The third-order valence-corrected chi connectivity index (χ3v) is 4.61. The van der Waals surface area contributed by atoms with Crippen molar-refractivity contribution in [1.29, 1.82) is 0 Å². The van der Waals surface area contributed by atoms with Gasteiger partial charge in [0.05, 0.1) is 6.21 Å². The third kappa shape index (κ3) is 4.46. The van der Waals surface area contributed by atoms with Gasteiger partial charge in [0, 0.05) is 5.56 Å². The molecule has 0 aliphatic heterocycles. The SMILES string of the molecule is Cc1[nH+]c(N)sc1C(=O)NN=Cc1ccccc1OCc1ccccc1. The van der Waals surface area contributed by atoms with Crippen molar-refractivity contribution in [1.82, 2.24) is 5.43 Å². The fraction of sp³-hybridized carbons (Fsp3) is 0.105. The first-order valence-corrected chi connectivity index (χ1v) is 8.82. The van der Waals surface area contributed by atoms with Crippen molar-refractivity contribution in [2.24, 2.45) is 5.10 Å². The molecule has 0 bridgehead atoms. The van der Waals surface area contributed by atoms with E-state index in [4.69, 9.17) is 10.5 Å². The molecule has 132 valence electrons. The lowest BCUT2D eigenvalue weighted by Crippen LogP contribution is -2.19. The quantitative estimate of drug-likeness (QED) is 0.518. The Bertz CT molecular complexity index is 922. The van der Waals surface area contributed by atoms with E-state index in [2.05, 4.69) is 15.5 Å². The number of H-pyrrole nitrogens is 1. The second kappa shape index (κ2) is 8.26. The van der Waals surface area contributed by atoms with Crippen molar-refractivity contribution in [3.8, 4) is 5.75 Å². The van der Waals surface area contributed by atoms with E-state index in [1.807, 2.05) is 54.6 Å². The van der Waals surface area contributed by atoms with Gasteiger partial charge in [-0.1, -0.05) is 42.5 Å². The number of carbonyl (C=O) groups excluding carboxylic acids is 1. The van der Waals surface area contributed by atoms with Crippen molar-refractivity contribution < 1.29 is 14.5 Å². The van der Waals surface area contributed by atoms with Gasteiger partial charge >= 0.3 is 5.13 Å². The zero-order valence-electron chi connectivity index (χ0n) is 14.2. The molecule has 0 spiro atoms. The van der Waals surface area contributed by atoms with Gasteiger partial charge in [0.1, 0.15) is 22.9 Å². The molecule has 0 saturated heterocycles. The summed E-state index contributed by atoms with van der Waals surface area (Å²) in [6.07, 6.45) is 1.56. The summed E-state index contributed by atoms with van der Waals surface area (Å²) in [5.41, 5.74) is 10.7. The Morgan fingerprint density at radius 2 is 1.96 bits per heavy atom. The number of rotatable bonds is 6. The normalized spacial score (nSPS) is 10.8. The van der Waals surface area contributed by atoms with Gasteiger partial charge < -0.3 is 4.74 Å². The van der Waals surface area contributed by atoms with Crippen LogP contribution in [-0.4, -0.2) is 12.1 Å². The molecule has 0 atom stereocenters. The number of para-hydroxylation sites is 1. The summed E-state index contributed by atoms with van der Waals surface area (Å²) in [6, 6.07) is 17.4. The molecule has 1 heterocycles. The number of hydrogen-bond donors (Lipinski definition) is 2. The Hall–Kier alpha value is -3.19. The Morgan fingerprint density at radius 3 is 2.69 bits per heavy atom. The minimum atomic E-state index is -0.306. The fourth-order valence-corrected chi connectivity index (χ4v) is 3.10. The van der Waals surface area contributed by atoms with Gasteiger partial charge in [-0.25, -0.2) is 10.4 Å². The van der Waals surface area contributed by atoms with Crippen LogP contribution in [-0.2, 0) is 6.61 Å². The average molecular weight is 367 g/mol. The molecule has 3 aromatic rings. The number of hydrogen-bond acceptors (Lipinski definition) is 5. The van der Waals surface area contributed by atoms with Crippen LogP contribution in [0, 0.1) is 6.92 Å². The van der Waals surface area contributed by atoms with Gasteiger partial charge in [0.15, 0.2) is 0 Å². The molecule has 6 nitrogen and oxygen atoms in total. The molecule has 0 aliphatic rings. The first kappa shape index (κ1) is 17.6. The minimum Gasteiger partial charge on any atom is -0.488 e. The lowest BCUT2D eigenvalue weighted by atomic mass is 10.2. The second-order valence-electron chi connectivity index (χ2n) is 5.56. The number of hydrazone groups is 1. The van der Waals surface area contributed by atoms with Crippen LogP contribution in [0.2, 0.25) is 0 Å². The van der Waals surface area contributed by atoms with Gasteiger partial charge in [-0.3, -0.25) is 10.5 Å². The number of benzene rings is 2. The molecule has 3 rings (SSSR count). The van der Waals surface area contributed by atoms with Crippen LogP contribution in [0.4, 0.5) is 5.13 Å². The van der Waals surface area contributed by atoms with Crippen LogP contribution >= 0.6 is 11.3 Å². The van der Waals surface area contributed by atoms with E-state index < -0.39 is 0 Å². The van der Waals surface area contributed by atoms with E-state index in [-0.39, 0.29) is 5.91 Å². The molecule has 1 amide bonds. The van der Waals surface area contributed by atoms with Crippen LogP contribution < -0.4 is 20.9 Å². The fourth-order valence-electron chi connectivity index (χ4n) is 2.34. The van der Waals surface area contributed by atoms with Crippen molar-refractivity contribution in [3.05, 3.63) is 76.3 Å². The standard InChI is InChI=1S/C19H18N4O2S/c1-13-17(26-19(20)22-13)18(24)23-21-11-15-9-5-6-10-16(15)25-12-14-7-3-2-4-8-14/h2-11H,12H2,1H3,(H2,20,22)(H,23,24)/p+1. The summed E-state index contributed by atoms with van der Waals surface area (Å²) < 4.78 is 5.86. The van der Waals surface area contributed by atoms with Crippen LogP contribution in [0.5, 0.6) is 5.75 Å². The summed E-state index contributed by atoms with van der Waals surface area (Å²) >= 11 is 1.19. The monoisotopic (exact) mass is 367 g/mol. The molecule has 0 fully saturated rings. The molecule has 26 heavy (non-hydrogen) atoms. The van der Waals surface area contributed by atoms with E-state index in [0.717, 1.165) is 11.1 Å². The number of nitrogens with one attached hydrogen (secondary N) is 2. The highest BCUT2D eigenvalue weighted by molar-refractivity contribution is 7.16. The highest BCUT2D eigenvalue weighted by Gasteiger charge is 2.16. The number of anilines is 1. The number of thiazole rings is 1. The smallest absolute Gasteiger partial charge is 0.330 e. The number of amides is 1. The number of nitrogen functional groups attached to an aromatic ring is 1. The Kier molecular flexibility index (Phi) is 5.60. The summed E-state index contributed by atoms with van der Waals surface area (Å²) in [5, 5.41) is 4.51. The number of nitrogens with two attached hydrogens (primary N) is 1. The molecule has 4 N–H and O–H groups in total.